The van der Waals surface area contributed by atoms with Gasteiger partial charge in [-0.1, -0.05) is 0 Å². The number of nitrogens with zero attached hydrogens (tertiary/aromatic N) is 6. The molecular weight excluding hydrogens is 502 g/mol. The maximum atomic E-state index is 5.51. The van der Waals surface area contributed by atoms with Gasteiger partial charge in [0.25, 0.3) is 0 Å². The summed E-state index contributed by atoms with van der Waals surface area (Å²) in [4.78, 5) is 28.5. The summed E-state index contributed by atoms with van der Waals surface area (Å²) in [5.74, 6) is 2.17. The summed E-state index contributed by atoms with van der Waals surface area (Å²) in [6.07, 6.45) is 5.39. The normalized spacial score (nSPS) is 13.6. The van der Waals surface area contributed by atoms with Gasteiger partial charge >= 0.3 is 0 Å². The number of nitrogens with one attached hydrogen (secondary N) is 3. The van der Waals surface area contributed by atoms with E-state index in [1.165, 1.54) is 5.69 Å². The molecule has 6 aromatic rings. The summed E-state index contributed by atoms with van der Waals surface area (Å²) < 4.78 is 5.51. The molecule has 0 spiro atoms. The van der Waals surface area contributed by atoms with Gasteiger partial charge in [0.05, 0.1) is 29.9 Å². The van der Waals surface area contributed by atoms with Crippen molar-refractivity contribution in [1.82, 2.24) is 29.9 Å². The van der Waals surface area contributed by atoms with E-state index < -0.39 is 0 Å². The summed E-state index contributed by atoms with van der Waals surface area (Å²) in [5.41, 5.74) is 7.29. The first-order chi connectivity index (χ1) is 19.7. The Morgan fingerprint density at radius 2 is 1.70 bits per heavy atom. The molecule has 3 N–H and O–H groups in total. The second-order valence-electron chi connectivity index (χ2n) is 9.68. The Kier molecular flexibility index (Phi) is 6.14. The van der Waals surface area contributed by atoms with Crippen molar-refractivity contribution in [2.45, 2.75) is 6.92 Å². The fourth-order valence-corrected chi connectivity index (χ4v) is 4.88. The zero-order valence-electron chi connectivity index (χ0n) is 21.9. The molecule has 0 aliphatic carbocycles. The lowest BCUT2D eigenvalue weighted by Gasteiger charge is -2.29. The number of H-pyrrole nitrogens is 1. The second kappa shape index (κ2) is 10.2. The smallest absolute Gasteiger partial charge is 0.180 e. The van der Waals surface area contributed by atoms with Crippen LogP contribution in [-0.4, -0.2) is 56.2 Å². The lowest BCUT2D eigenvalue weighted by atomic mass is 10.1. The maximum absolute atomic E-state index is 5.51. The van der Waals surface area contributed by atoms with Crippen LogP contribution in [0.4, 0.5) is 28.7 Å². The number of aromatic amines is 1. The fraction of sp³-hybridized carbons (Fsp3) is 0.167. The summed E-state index contributed by atoms with van der Waals surface area (Å²) >= 11 is 0. The summed E-state index contributed by atoms with van der Waals surface area (Å²) in [5, 5.41) is 7.83. The van der Waals surface area contributed by atoms with Crippen molar-refractivity contribution in [2.24, 2.45) is 0 Å². The first-order valence-electron chi connectivity index (χ1n) is 13.2. The molecule has 0 atom stereocenters. The van der Waals surface area contributed by atoms with E-state index >= 15 is 0 Å². The third-order valence-corrected chi connectivity index (χ3v) is 6.92. The lowest BCUT2D eigenvalue weighted by Crippen LogP contribution is -2.36. The molecule has 1 fully saturated rings. The van der Waals surface area contributed by atoms with E-state index in [9.17, 15) is 0 Å². The molecule has 1 aliphatic rings. The first kappa shape index (κ1) is 24.0. The molecule has 1 aromatic carbocycles. The predicted molar refractivity (Wildman–Crippen MR) is 157 cm³/mol. The van der Waals surface area contributed by atoms with Gasteiger partial charge in [-0.05, 0) is 67.6 Å². The average molecular weight is 530 g/mol. The largest absolute Gasteiger partial charge is 0.378 e. The molecule has 0 unspecified atom stereocenters. The van der Waals surface area contributed by atoms with Gasteiger partial charge < -0.3 is 25.3 Å². The number of morpholine rings is 1. The molecule has 10 nitrogen and oxygen atoms in total. The van der Waals surface area contributed by atoms with Crippen LogP contribution >= 0.6 is 0 Å². The number of imidazole rings is 1. The van der Waals surface area contributed by atoms with Crippen LogP contribution in [0.3, 0.4) is 0 Å². The molecule has 5 aromatic heterocycles. The van der Waals surface area contributed by atoms with E-state index in [-0.39, 0.29) is 0 Å². The minimum Gasteiger partial charge on any atom is -0.378 e. The molecular formula is C30H27N9O. The van der Waals surface area contributed by atoms with Crippen molar-refractivity contribution in [3.8, 4) is 11.4 Å². The Balaban J connectivity index is 1.11. The number of pyridine rings is 4. The number of aromatic nitrogens is 6. The van der Waals surface area contributed by atoms with Crippen LogP contribution in [0.15, 0.2) is 79.3 Å². The van der Waals surface area contributed by atoms with E-state index in [4.69, 9.17) is 9.72 Å². The molecule has 1 aliphatic heterocycles. The third-order valence-electron chi connectivity index (χ3n) is 6.92. The van der Waals surface area contributed by atoms with Crippen LogP contribution < -0.4 is 15.5 Å². The fourth-order valence-electron chi connectivity index (χ4n) is 4.88. The molecule has 6 heterocycles. The van der Waals surface area contributed by atoms with Gasteiger partial charge in [0.15, 0.2) is 5.65 Å². The van der Waals surface area contributed by atoms with Crippen molar-refractivity contribution in [3.05, 3.63) is 84.9 Å². The molecule has 198 valence electrons. The van der Waals surface area contributed by atoms with Crippen molar-refractivity contribution in [3.63, 3.8) is 0 Å². The van der Waals surface area contributed by atoms with Gasteiger partial charge in [-0.3, -0.25) is 9.97 Å². The molecule has 7 rings (SSSR count). The number of rotatable bonds is 6. The van der Waals surface area contributed by atoms with Gasteiger partial charge in [-0.25, -0.2) is 15.0 Å². The zero-order chi connectivity index (χ0) is 26.9. The van der Waals surface area contributed by atoms with Gasteiger partial charge in [-0.15, -0.1) is 0 Å². The highest BCUT2D eigenvalue weighted by atomic mass is 16.5. The highest BCUT2D eigenvalue weighted by Gasteiger charge is 2.14. The minimum atomic E-state index is 0.632. The first-order valence-corrected chi connectivity index (χ1v) is 13.2. The number of benzene rings is 1. The maximum Gasteiger partial charge on any atom is 0.180 e. The summed E-state index contributed by atoms with van der Waals surface area (Å²) in [6, 6.07) is 20.1. The molecule has 1 saturated heterocycles. The van der Waals surface area contributed by atoms with Crippen molar-refractivity contribution < 1.29 is 4.74 Å². The van der Waals surface area contributed by atoms with Gasteiger partial charge in [0, 0.05) is 59.7 Å². The van der Waals surface area contributed by atoms with Crippen LogP contribution in [0.25, 0.3) is 33.5 Å². The van der Waals surface area contributed by atoms with E-state index in [0.717, 1.165) is 77.0 Å². The van der Waals surface area contributed by atoms with Gasteiger partial charge in [0.2, 0.25) is 0 Å². The predicted octanol–water partition coefficient (Wildman–Crippen LogP) is 5.60. The number of hydrogen-bond donors (Lipinski definition) is 3. The lowest BCUT2D eigenvalue weighted by molar-refractivity contribution is 0.122. The van der Waals surface area contributed by atoms with Crippen LogP contribution in [0.2, 0.25) is 0 Å². The highest BCUT2D eigenvalue weighted by Crippen LogP contribution is 2.30. The number of hydrogen-bond acceptors (Lipinski definition) is 9. The van der Waals surface area contributed by atoms with E-state index in [1.807, 2.05) is 61.8 Å². The van der Waals surface area contributed by atoms with E-state index in [2.05, 4.69) is 58.7 Å². The SMILES string of the molecule is Cc1cc(Nc2ccc3[nH]c(-c4ccc(Nc5ccnc6ccc(N7CCOCC7)cc56)nc4)nc3n2)ccn1. The molecule has 10 heteroatoms. The van der Waals surface area contributed by atoms with Crippen molar-refractivity contribution >= 4 is 50.8 Å². The zero-order valence-corrected chi connectivity index (χ0v) is 21.9. The van der Waals surface area contributed by atoms with Crippen LogP contribution in [0.5, 0.6) is 0 Å². The quantitative estimate of drug-likeness (QED) is 0.254. The third kappa shape index (κ3) is 4.87. The Morgan fingerprint density at radius 1 is 0.825 bits per heavy atom. The van der Waals surface area contributed by atoms with Crippen LogP contribution in [0.1, 0.15) is 5.69 Å². The van der Waals surface area contributed by atoms with E-state index in [0.29, 0.717) is 11.5 Å². The number of fused-ring (bicyclic) bond motifs is 2. The summed E-state index contributed by atoms with van der Waals surface area (Å²) in [6.45, 7) is 5.22. The van der Waals surface area contributed by atoms with Gasteiger partial charge in [0.1, 0.15) is 17.5 Å². The Morgan fingerprint density at radius 3 is 2.55 bits per heavy atom. The minimum absolute atomic E-state index is 0.632. The molecule has 0 bridgehead atoms. The second-order valence-corrected chi connectivity index (χ2v) is 9.68. The summed E-state index contributed by atoms with van der Waals surface area (Å²) in [7, 11) is 0. The Labute approximate surface area is 230 Å². The standard InChI is InChI=1S/C30H27N9O/c1-19-16-21(8-10-31-19)34-28-7-5-26-30(37-28)38-29(36-26)20-2-6-27(33-18-20)35-25-9-11-32-24-4-3-22(17-23(24)25)39-12-14-40-15-13-39/h2-11,16-18H,12-15H2,1H3,(H,32,33,35)(H2,31,34,36,37,38). The van der Waals surface area contributed by atoms with E-state index in [1.54, 1.807) is 6.20 Å². The number of ether oxygens (including phenoxy) is 1. The Bertz CT molecular complexity index is 1810. The Hall–Kier alpha value is -5.09. The van der Waals surface area contributed by atoms with Crippen molar-refractivity contribution in [1.29, 1.82) is 0 Å². The molecule has 40 heavy (non-hydrogen) atoms. The average Bonchev–Trinajstić information content (AvgIpc) is 3.42. The molecule has 0 amide bonds. The van der Waals surface area contributed by atoms with Crippen molar-refractivity contribution in [2.75, 3.05) is 41.8 Å². The topological polar surface area (TPSA) is 117 Å². The number of anilines is 5. The van der Waals surface area contributed by atoms with Crippen LogP contribution in [0, 0.1) is 6.92 Å². The highest BCUT2D eigenvalue weighted by molar-refractivity contribution is 5.95. The molecule has 0 radical (unpaired) electrons. The number of aryl methyl sites for hydroxylation is 1. The monoisotopic (exact) mass is 529 g/mol. The van der Waals surface area contributed by atoms with Crippen LogP contribution in [-0.2, 0) is 4.74 Å². The van der Waals surface area contributed by atoms with Gasteiger partial charge in [-0.2, -0.15) is 0 Å². The molecule has 0 saturated carbocycles.